The highest BCUT2D eigenvalue weighted by Gasteiger charge is 2.54. The Bertz CT molecular complexity index is 200. The third-order valence-corrected chi connectivity index (χ3v) is 3.38. The van der Waals surface area contributed by atoms with Gasteiger partial charge in [-0.25, -0.2) is 0 Å². The van der Waals surface area contributed by atoms with Crippen LogP contribution in [0, 0.1) is 5.41 Å². The van der Waals surface area contributed by atoms with Gasteiger partial charge in [-0.2, -0.15) is 0 Å². The highest BCUT2D eigenvalue weighted by atomic mass is 16.7. The molecule has 3 nitrogen and oxygen atoms in total. The highest BCUT2D eigenvalue weighted by molar-refractivity contribution is 4.97. The minimum Gasteiger partial charge on any atom is -0.373 e. The summed E-state index contributed by atoms with van der Waals surface area (Å²) < 4.78 is 11.1. The van der Waals surface area contributed by atoms with Crippen LogP contribution in [0.4, 0.5) is 0 Å². The van der Waals surface area contributed by atoms with E-state index in [1.165, 1.54) is 0 Å². The minimum atomic E-state index is -1.05. The molecule has 3 heteroatoms. The van der Waals surface area contributed by atoms with Gasteiger partial charge in [0.1, 0.15) is 6.10 Å². The van der Waals surface area contributed by atoms with Crippen LogP contribution >= 0.6 is 0 Å². The zero-order valence-electron chi connectivity index (χ0n) is 8.38. The van der Waals surface area contributed by atoms with E-state index in [-0.39, 0.29) is 11.5 Å². The van der Waals surface area contributed by atoms with Crippen molar-refractivity contribution in [1.29, 1.82) is 0 Å². The number of rotatable bonds is 0. The summed E-state index contributed by atoms with van der Waals surface area (Å²) in [7, 11) is 0. The number of hydrogen-bond donors (Lipinski definition) is 1. The van der Waals surface area contributed by atoms with Gasteiger partial charge in [-0.3, -0.25) is 0 Å². The molecule has 0 aromatic carbocycles. The number of ether oxygens (including phenoxy) is 2. The fraction of sp³-hybridized carbons (Fsp3) is 1.00. The standard InChI is InChI=1S/C10H18O3/c1-9(2)5-7-12-8-4-3-6-13-10(8,9)11/h8,11H,3-7H2,1-2H3/t8-,10+/m1/s1. The van der Waals surface area contributed by atoms with Crippen molar-refractivity contribution in [2.24, 2.45) is 5.41 Å². The zero-order chi connectivity index (χ0) is 9.53. The highest BCUT2D eigenvalue weighted by Crippen LogP contribution is 2.45. The Labute approximate surface area is 79.0 Å². The Balaban J connectivity index is 2.24. The van der Waals surface area contributed by atoms with Crippen molar-refractivity contribution in [2.45, 2.75) is 45.0 Å². The van der Waals surface area contributed by atoms with Gasteiger partial charge in [0.2, 0.25) is 0 Å². The molecule has 0 radical (unpaired) electrons. The number of hydrogen-bond acceptors (Lipinski definition) is 3. The second kappa shape index (κ2) is 2.94. The van der Waals surface area contributed by atoms with Crippen LogP contribution in [0.3, 0.4) is 0 Å². The fourth-order valence-corrected chi connectivity index (χ4v) is 2.25. The number of fused-ring (bicyclic) bond motifs is 1. The largest absolute Gasteiger partial charge is 0.373 e. The lowest BCUT2D eigenvalue weighted by atomic mass is 9.74. The van der Waals surface area contributed by atoms with Crippen molar-refractivity contribution in [3.63, 3.8) is 0 Å². The average Bonchev–Trinajstić information content (AvgIpc) is 2.06. The van der Waals surface area contributed by atoms with Crippen LogP contribution in [0.2, 0.25) is 0 Å². The predicted molar refractivity (Wildman–Crippen MR) is 48.3 cm³/mol. The SMILES string of the molecule is CC1(C)CCO[C@@H]2CCCO[C@@]21O. The monoisotopic (exact) mass is 186 g/mol. The molecule has 2 fully saturated rings. The van der Waals surface area contributed by atoms with Crippen molar-refractivity contribution in [1.82, 2.24) is 0 Å². The van der Waals surface area contributed by atoms with Gasteiger partial charge in [-0.05, 0) is 19.3 Å². The van der Waals surface area contributed by atoms with Gasteiger partial charge in [0.05, 0.1) is 6.61 Å². The molecule has 1 N–H and O–H groups in total. The molecule has 2 aliphatic rings. The molecule has 2 heterocycles. The molecule has 2 saturated heterocycles. The van der Waals surface area contributed by atoms with Crippen molar-refractivity contribution in [3.8, 4) is 0 Å². The van der Waals surface area contributed by atoms with E-state index in [0.717, 1.165) is 25.9 Å². The molecule has 76 valence electrons. The van der Waals surface area contributed by atoms with Crippen LogP contribution in [-0.2, 0) is 9.47 Å². The maximum absolute atomic E-state index is 10.4. The molecule has 2 aliphatic heterocycles. The summed E-state index contributed by atoms with van der Waals surface area (Å²) in [5, 5.41) is 10.4. The summed E-state index contributed by atoms with van der Waals surface area (Å²) in [5.74, 6) is -1.05. The van der Waals surface area contributed by atoms with Crippen molar-refractivity contribution in [2.75, 3.05) is 13.2 Å². The van der Waals surface area contributed by atoms with Gasteiger partial charge in [0.25, 0.3) is 0 Å². The second-order valence-corrected chi connectivity index (χ2v) is 4.68. The van der Waals surface area contributed by atoms with Crippen LogP contribution in [0.1, 0.15) is 33.1 Å². The Hall–Kier alpha value is -0.120. The summed E-state index contributed by atoms with van der Waals surface area (Å²) in [5.41, 5.74) is -0.184. The Morgan fingerprint density at radius 1 is 1.31 bits per heavy atom. The Morgan fingerprint density at radius 2 is 2.08 bits per heavy atom. The topological polar surface area (TPSA) is 38.7 Å². The maximum atomic E-state index is 10.4. The molecule has 13 heavy (non-hydrogen) atoms. The van der Waals surface area contributed by atoms with Gasteiger partial charge in [-0.1, -0.05) is 13.8 Å². The normalized spacial score (nSPS) is 44.1. The van der Waals surface area contributed by atoms with Crippen LogP contribution in [0.15, 0.2) is 0 Å². The Kier molecular flexibility index (Phi) is 2.13. The smallest absolute Gasteiger partial charge is 0.197 e. The molecular formula is C10H18O3. The van der Waals surface area contributed by atoms with Crippen molar-refractivity contribution in [3.05, 3.63) is 0 Å². The molecular weight excluding hydrogens is 168 g/mol. The van der Waals surface area contributed by atoms with Crippen LogP contribution < -0.4 is 0 Å². The van der Waals surface area contributed by atoms with E-state index < -0.39 is 5.79 Å². The predicted octanol–water partition coefficient (Wildman–Crippen LogP) is 1.30. The Morgan fingerprint density at radius 3 is 2.77 bits per heavy atom. The maximum Gasteiger partial charge on any atom is 0.197 e. The first-order valence-corrected chi connectivity index (χ1v) is 5.04. The molecule has 0 unspecified atom stereocenters. The lowest BCUT2D eigenvalue weighted by Crippen LogP contribution is -2.62. The van der Waals surface area contributed by atoms with E-state index in [2.05, 4.69) is 0 Å². The molecule has 0 aliphatic carbocycles. The average molecular weight is 186 g/mol. The summed E-state index contributed by atoms with van der Waals surface area (Å²) >= 11 is 0. The van der Waals surface area contributed by atoms with Gasteiger partial charge < -0.3 is 14.6 Å². The third kappa shape index (κ3) is 1.30. The van der Waals surface area contributed by atoms with E-state index in [9.17, 15) is 5.11 Å². The molecule has 0 aromatic rings. The number of aliphatic hydroxyl groups is 1. The van der Waals surface area contributed by atoms with Gasteiger partial charge in [0, 0.05) is 12.0 Å². The lowest BCUT2D eigenvalue weighted by Gasteiger charge is -2.52. The molecule has 0 amide bonds. The first-order valence-electron chi connectivity index (χ1n) is 5.04. The van der Waals surface area contributed by atoms with E-state index in [0.29, 0.717) is 6.61 Å². The van der Waals surface area contributed by atoms with Crippen LogP contribution in [0.25, 0.3) is 0 Å². The van der Waals surface area contributed by atoms with Gasteiger partial charge >= 0.3 is 0 Å². The molecule has 0 bridgehead atoms. The van der Waals surface area contributed by atoms with E-state index >= 15 is 0 Å². The quantitative estimate of drug-likeness (QED) is 0.619. The van der Waals surface area contributed by atoms with E-state index in [1.807, 2.05) is 13.8 Å². The summed E-state index contributed by atoms with van der Waals surface area (Å²) in [6.07, 6.45) is 2.65. The minimum absolute atomic E-state index is 0.120. The van der Waals surface area contributed by atoms with Crippen molar-refractivity contribution < 1.29 is 14.6 Å². The molecule has 0 spiro atoms. The van der Waals surface area contributed by atoms with Gasteiger partial charge in [-0.15, -0.1) is 0 Å². The second-order valence-electron chi connectivity index (χ2n) is 4.68. The molecule has 0 saturated carbocycles. The summed E-state index contributed by atoms with van der Waals surface area (Å²) in [4.78, 5) is 0. The van der Waals surface area contributed by atoms with E-state index in [4.69, 9.17) is 9.47 Å². The summed E-state index contributed by atoms with van der Waals surface area (Å²) in [6, 6.07) is 0. The first-order chi connectivity index (χ1) is 6.06. The van der Waals surface area contributed by atoms with E-state index in [1.54, 1.807) is 0 Å². The van der Waals surface area contributed by atoms with Crippen molar-refractivity contribution >= 4 is 0 Å². The zero-order valence-corrected chi connectivity index (χ0v) is 8.38. The molecule has 2 atom stereocenters. The molecule has 2 rings (SSSR count). The van der Waals surface area contributed by atoms with Crippen LogP contribution in [0.5, 0.6) is 0 Å². The van der Waals surface area contributed by atoms with Gasteiger partial charge in [0.15, 0.2) is 5.79 Å². The first kappa shape index (κ1) is 9.44. The van der Waals surface area contributed by atoms with Crippen LogP contribution in [-0.4, -0.2) is 30.2 Å². The summed E-state index contributed by atoms with van der Waals surface area (Å²) in [6.45, 7) is 5.49. The molecule has 0 aromatic heterocycles. The third-order valence-electron chi connectivity index (χ3n) is 3.38. The lowest BCUT2D eigenvalue weighted by molar-refractivity contribution is -0.356. The fourth-order valence-electron chi connectivity index (χ4n) is 2.25.